The molecule has 34 heavy (non-hydrogen) atoms. The van der Waals surface area contributed by atoms with Gasteiger partial charge in [0.1, 0.15) is 11.5 Å². The van der Waals surface area contributed by atoms with Crippen molar-refractivity contribution in [3.05, 3.63) is 93.8 Å². The van der Waals surface area contributed by atoms with E-state index in [1.54, 1.807) is 13.0 Å². The summed E-state index contributed by atoms with van der Waals surface area (Å²) in [6.07, 6.45) is 0. The average Bonchev–Trinajstić information content (AvgIpc) is 2.80. The van der Waals surface area contributed by atoms with E-state index in [0.717, 1.165) is 18.2 Å². The third kappa shape index (κ3) is 6.13. The second-order valence-corrected chi connectivity index (χ2v) is 8.72. The SMILES string of the molecule is Cc1ccc(NC(=O)COC(=O)c2cccc(S(=O)(=O)Nc3ccc(F)cc3)c2)c([N+](=O)[O-])c1. The summed E-state index contributed by atoms with van der Waals surface area (Å²) in [5.74, 6) is -2.33. The molecule has 0 aromatic heterocycles. The number of sulfonamides is 1. The van der Waals surface area contributed by atoms with Gasteiger partial charge in [0, 0.05) is 11.8 Å². The molecule has 0 spiro atoms. The Labute approximate surface area is 193 Å². The minimum Gasteiger partial charge on any atom is -0.452 e. The van der Waals surface area contributed by atoms with Crippen LogP contribution < -0.4 is 10.0 Å². The van der Waals surface area contributed by atoms with Gasteiger partial charge in [-0.05, 0) is 61.0 Å². The summed E-state index contributed by atoms with van der Waals surface area (Å²) in [6, 6.07) is 13.8. The van der Waals surface area contributed by atoms with E-state index in [-0.39, 0.29) is 27.5 Å². The molecular weight excluding hydrogens is 469 g/mol. The minimum absolute atomic E-state index is 0.0587. The fraction of sp³-hybridized carbons (Fsp3) is 0.0909. The number of nitrogens with one attached hydrogen (secondary N) is 2. The molecule has 0 aliphatic rings. The van der Waals surface area contributed by atoms with Gasteiger partial charge in [0.15, 0.2) is 6.61 Å². The Kier molecular flexibility index (Phi) is 7.21. The fourth-order valence-corrected chi connectivity index (χ4v) is 3.93. The molecule has 2 N–H and O–H groups in total. The summed E-state index contributed by atoms with van der Waals surface area (Å²) in [5.41, 5.74) is 0.232. The number of carbonyl (C=O) groups excluding carboxylic acids is 2. The van der Waals surface area contributed by atoms with Gasteiger partial charge >= 0.3 is 5.97 Å². The Hall–Kier alpha value is -4.32. The van der Waals surface area contributed by atoms with Crippen LogP contribution in [0.4, 0.5) is 21.5 Å². The summed E-state index contributed by atoms with van der Waals surface area (Å²) >= 11 is 0. The lowest BCUT2D eigenvalue weighted by Gasteiger charge is -2.10. The van der Waals surface area contributed by atoms with E-state index in [0.29, 0.717) is 5.56 Å². The summed E-state index contributed by atoms with van der Waals surface area (Å²) < 4.78 is 45.3. The monoisotopic (exact) mass is 487 g/mol. The zero-order valence-corrected chi connectivity index (χ0v) is 18.5. The Bertz CT molecular complexity index is 1360. The van der Waals surface area contributed by atoms with Gasteiger partial charge in [0.25, 0.3) is 21.6 Å². The first kappa shape index (κ1) is 24.3. The number of nitro groups is 1. The van der Waals surface area contributed by atoms with Crippen LogP contribution in [-0.2, 0) is 19.6 Å². The molecule has 0 saturated heterocycles. The van der Waals surface area contributed by atoms with E-state index in [2.05, 4.69) is 10.0 Å². The number of nitrogens with zero attached hydrogens (tertiary/aromatic N) is 1. The molecule has 0 saturated carbocycles. The van der Waals surface area contributed by atoms with Gasteiger partial charge < -0.3 is 10.1 Å². The van der Waals surface area contributed by atoms with Crippen molar-refractivity contribution in [1.82, 2.24) is 0 Å². The summed E-state index contributed by atoms with van der Waals surface area (Å²) in [4.78, 5) is 34.7. The molecule has 0 aliphatic heterocycles. The van der Waals surface area contributed by atoms with Gasteiger partial charge in [0.2, 0.25) is 0 Å². The van der Waals surface area contributed by atoms with E-state index in [1.807, 2.05) is 0 Å². The zero-order valence-electron chi connectivity index (χ0n) is 17.6. The highest BCUT2D eigenvalue weighted by Crippen LogP contribution is 2.25. The van der Waals surface area contributed by atoms with Crippen LogP contribution in [0.5, 0.6) is 0 Å². The molecule has 10 nitrogen and oxygen atoms in total. The maximum Gasteiger partial charge on any atom is 0.338 e. The molecule has 0 atom stereocenters. The maximum absolute atomic E-state index is 13.0. The number of nitro benzene ring substituents is 1. The lowest BCUT2D eigenvalue weighted by molar-refractivity contribution is -0.384. The molecular formula is C22H18FN3O7S. The van der Waals surface area contributed by atoms with Crippen molar-refractivity contribution in [1.29, 1.82) is 0 Å². The van der Waals surface area contributed by atoms with Crippen LogP contribution in [0.25, 0.3) is 0 Å². The lowest BCUT2D eigenvalue weighted by Crippen LogP contribution is -2.21. The van der Waals surface area contributed by atoms with Crippen LogP contribution in [0.2, 0.25) is 0 Å². The molecule has 0 heterocycles. The highest BCUT2D eigenvalue weighted by Gasteiger charge is 2.19. The van der Waals surface area contributed by atoms with E-state index in [9.17, 15) is 32.5 Å². The minimum atomic E-state index is -4.09. The number of benzene rings is 3. The second-order valence-electron chi connectivity index (χ2n) is 7.04. The van der Waals surface area contributed by atoms with Gasteiger partial charge in [0.05, 0.1) is 15.4 Å². The number of anilines is 2. The second kappa shape index (κ2) is 10.1. The molecule has 0 bridgehead atoms. The van der Waals surface area contributed by atoms with E-state index >= 15 is 0 Å². The van der Waals surface area contributed by atoms with Crippen LogP contribution in [0, 0.1) is 22.9 Å². The van der Waals surface area contributed by atoms with E-state index in [4.69, 9.17) is 4.74 Å². The number of hydrogen-bond acceptors (Lipinski definition) is 7. The number of halogens is 1. The normalized spacial score (nSPS) is 10.9. The number of ether oxygens (including phenoxy) is 1. The van der Waals surface area contributed by atoms with Crippen molar-refractivity contribution in [3.8, 4) is 0 Å². The van der Waals surface area contributed by atoms with Crippen molar-refractivity contribution in [3.63, 3.8) is 0 Å². The number of rotatable bonds is 8. The van der Waals surface area contributed by atoms with Crippen molar-refractivity contribution < 1.29 is 32.1 Å². The Morgan fingerprint density at radius 1 is 1.06 bits per heavy atom. The molecule has 1 amide bonds. The largest absolute Gasteiger partial charge is 0.452 e. The smallest absolute Gasteiger partial charge is 0.338 e. The molecule has 3 rings (SSSR count). The van der Waals surface area contributed by atoms with Crippen molar-refractivity contribution in [2.24, 2.45) is 0 Å². The van der Waals surface area contributed by atoms with E-state index < -0.39 is 39.2 Å². The van der Waals surface area contributed by atoms with Gasteiger partial charge in [-0.25, -0.2) is 17.6 Å². The number of aryl methyl sites for hydroxylation is 1. The predicted molar refractivity (Wildman–Crippen MR) is 120 cm³/mol. The first-order valence-corrected chi connectivity index (χ1v) is 11.1. The van der Waals surface area contributed by atoms with Gasteiger partial charge in [-0.15, -0.1) is 0 Å². The Morgan fingerprint density at radius 3 is 2.44 bits per heavy atom. The number of amides is 1. The fourth-order valence-electron chi connectivity index (χ4n) is 2.82. The average molecular weight is 487 g/mol. The third-order valence-electron chi connectivity index (χ3n) is 4.43. The number of carbonyl (C=O) groups is 2. The number of hydrogen-bond donors (Lipinski definition) is 2. The molecule has 3 aromatic rings. The number of esters is 1. The van der Waals surface area contributed by atoms with Crippen molar-refractivity contribution >= 4 is 39.0 Å². The molecule has 0 aliphatic carbocycles. The summed E-state index contributed by atoms with van der Waals surface area (Å²) in [6.45, 7) is 0.901. The van der Waals surface area contributed by atoms with E-state index in [1.165, 1.54) is 42.5 Å². The van der Waals surface area contributed by atoms with Gasteiger partial charge in [-0.2, -0.15) is 0 Å². The molecule has 3 aromatic carbocycles. The maximum atomic E-state index is 13.0. The van der Waals surface area contributed by atoms with Crippen molar-refractivity contribution in [2.45, 2.75) is 11.8 Å². The van der Waals surface area contributed by atoms with Crippen LogP contribution in [0.1, 0.15) is 15.9 Å². The molecule has 0 unspecified atom stereocenters. The third-order valence-corrected chi connectivity index (χ3v) is 5.81. The molecule has 176 valence electrons. The first-order valence-electron chi connectivity index (χ1n) is 9.65. The Balaban J connectivity index is 1.66. The topological polar surface area (TPSA) is 145 Å². The highest BCUT2D eigenvalue weighted by atomic mass is 32.2. The first-order chi connectivity index (χ1) is 16.0. The van der Waals surface area contributed by atoms with Crippen LogP contribution in [-0.4, -0.2) is 31.8 Å². The van der Waals surface area contributed by atoms with Crippen LogP contribution >= 0.6 is 0 Å². The highest BCUT2D eigenvalue weighted by molar-refractivity contribution is 7.92. The van der Waals surface area contributed by atoms with Gasteiger partial charge in [-0.1, -0.05) is 12.1 Å². The standard InChI is InChI=1S/C22H18FN3O7S/c1-14-5-10-19(20(11-14)26(29)30)24-21(27)13-33-22(28)15-3-2-4-18(12-15)34(31,32)25-17-8-6-16(23)7-9-17/h2-12,25H,13H2,1H3,(H,24,27). The molecule has 12 heteroatoms. The lowest BCUT2D eigenvalue weighted by atomic mass is 10.2. The Morgan fingerprint density at radius 2 is 1.76 bits per heavy atom. The van der Waals surface area contributed by atoms with Crippen LogP contribution in [0.15, 0.2) is 71.6 Å². The van der Waals surface area contributed by atoms with Crippen LogP contribution in [0.3, 0.4) is 0 Å². The molecule has 0 radical (unpaired) electrons. The van der Waals surface area contributed by atoms with Gasteiger partial charge in [-0.3, -0.25) is 19.6 Å². The quantitative estimate of drug-likeness (QED) is 0.280. The summed E-state index contributed by atoms with van der Waals surface area (Å²) in [7, 11) is -4.09. The molecule has 0 fully saturated rings. The predicted octanol–water partition coefficient (Wildman–Crippen LogP) is 3.64. The summed E-state index contributed by atoms with van der Waals surface area (Å²) in [5, 5.41) is 13.5. The van der Waals surface area contributed by atoms with Crippen molar-refractivity contribution in [2.75, 3.05) is 16.6 Å². The zero-order chi connectivity index (χ0) is 24.9.